The van der Waals surface area contributed by atoms with Crippen LogP contribution in [-0.2, 0) is 0 Å². The number of hydrogen-bond acceptors (Lipinski definition) is 4. The molecule has 90 valence electrons. The maximum atomic E-state index is 11.2. The van der Waals surface area contributed by atoms with Crippen LogP contribution in [0.15, 0.2) is 47.1 Å². The van der Waals surface area contributed by atoms with E-state index in [0.717, 1.165) is 0 Å². The lowest BCUT2D eigenvalue weighted by Crippen LogP contribution is -2.22. The van der Waals surface area contributed by atoms with Gasteiger partial charge in [0.15, 0.2) is 5.75 Å². The van der Waals surface area contributed by atoms with Crippen LogP contribution >= 0.6 is 11.6 Å². The Bertz CT molecular complexity index is 694. The van der Waals surface area contributed by atoms with Crippen molar-refractivity contribution < 1.29 is 14.3 Å². The molecule has 6 heteroatoms. The van der Waals surface area contributed by atoms with Crippen LogP contribution in [0.4, 0.5) is 0 Å². The molecule has 1 aromatic heterocycles. The largest absolute Gasteiger partial charge is 0.452 e. The summed E-state index contributed by atoms with van der Waals surface area (Å²) in [7, 11) is 0. The Kier molecular flexibility index (Phi) is 2.53. The van der Waals surface area contributed by atoms with E-state index in [9.17, 15) is 5.21 Å². The van der Waals surface area contributed by atoms with Crippen molar-refractivity contribution in [1.29, 1.82) is 0 Å². The highest BCUT2D eigenvalue weighted by Crippen LogP contribution is 2.27. The lowest BCUT2D eigenvalue weighted by molar-refractivity contribution is -0.782. The molecule has 0 aliphatic carbocycles. The summed E-state index contributed by atoms with van der Waals surface area (Å²) in [5, 5.41) is 15.5. The number of benzene rings is 2. The predicted molar refractivity (Wildman–Crippen MR) is 64.5 cm³/mol. The number of aromatic nitrogens is 2. The third kappa shape index (κ3) is 1.84. The smallest absolute Gasteiger partial charge is 0.290 e. The van der Waals surface area contributed by atoms with Crippen molar-refractivity contribution in [2.24, 2.45) is 0 Å². The fourth-order valence-electron chi connectivity index (χ4n) is 1.58. The van der Waals surface area contributed by atoms with Gasteiger partial charge in [0.05, 0.1) is 5.16 Å². The van der Waals surface area contributed by atoms with E-state index in [2.05, 4.69) is 9.79 Å². The standard InChI is InChI=1S/C12H7ClN2O3/c13-8-4-6-9(7-5-8)17-11-3-1-2-10-12(11)14-18-15(10)16/h1-7H. The van der Waals surface area contributed by atoms with E-state index in [-0.39, 0.29) is 0 Å². The van der Waals surface area contributed by atoms with E-state index in [4.69, 9.17) is 16.3 Å². The van der Waals surface area contributed by atoms with E-state index < -0.39 is 0 Å². The summed E-state index contributed by atoms with van der Waals surface area (Å²) < 4.78 is 10.1. The number of nitrogens with zero attached hydrogens (tertiary/aromatic N) is 2. The van der Waals surface area contributed by atoms with Crippen molar-refractivity contribution in [3.63, 3.8) is 0 Å². The number of ether oxygens (including phenoxy) is 1. The van der Waals surface area contributed by atoms with Gasteiger partial charge in [-0.3, -0.25) is 4.63 Å². The van der Waals surface area contributed by atoms with Gasteiger partial charge in [-0.05, 0) is 41.3 Å². The minimum absolute atomic E-state index is 0.321. The van der Waals surface area contributed by atoms with Crippen LogP contribution in [0.2, 0.25) is 5.02 Å². The highest BCUT2D eigenvalue weighted by Gasteiger charge is 2.15. The van der Waals surface area contributed by atoms with Crippen molar-refractivity contribution >= 4 is 22.6 Å². The molecule has 0 radical (unpaired) electrons. The molecule has 3 aromatic rings. The molecular formula is C12H7ClN2O3. The van der Waals surface area contributed by atoms with E-state index in [1.165, 1.54) is 0 Å². The molecule has 2 aromatic carbocycles. The molecule has 0 aliphatic heterocycles. The average molecular weight is 263 g/mol. The van der Waals surface area contributed by atoms with Gasteiger partial charge in [0, 0.05) is 5.02 Å². The van der Waals surface area contributed by atoms with Crippen LogP contribution in [0.1, 0.15) is 0 Å². The third-order valence-electron chi connectivity index (χ3n) is 2.42. The van der Waals surface area contributed by atoms with Gasteiger partial charge in [0.25, 0.3) is 5.52 Å². The molecule has 18 heavy (non-hydrogen) atoms. The Balaban J connectivity index is 2.02. The van der Waals surface area contributed by atoms with Gasteiger partial charge in [-0.15, -0.1) is 0 Å². The molecule has 5 nitrogen and oxygen atoms in total. The molecule has 0 atom stereocenters. The van der Waals surface area contributed by atoms with Crippen molar-refractivity contribution in [3.8, 4) is 11.5 Å². The van der Waals surface area contributed by atoms with Crippen molar-refractivity contribution in [3.05, 3.63) is 52.7 Å². The van der Waals surface area contributed by atoms with E-state index in [1.54, 1.807) is 42.5 Å². The lowest BCUT2D eigenvalue weighted by Gasteiger charge is -2.03. The highest BCUT2D eigenvalue weighted by atomic mass is 35.5. The zero-order valence-corrected chi connectivity index (χ0v) is 9.79. The summed E-state index contributed by atoms with van der Waals surface area (Å²) in [5.41, 5.74) is 0.698. The van der Waals surface area contributed by atoms with Gasteiger partial charge in [0.2, 0.25) is 5.52 Å². The minimum atomic E-state index is 0.321. The summed E-state index contributed by atoms with van der Waals surface area (Å²) in [6, 6.07) is 11.9. The van der Waals surface area contributed by atoms with Gasteiger partial charge in [-0.25, -0.2) is 0 Å². The Hall–Kier alpha value is -2.27. The molecule has 1 heterocycles. The Morgan fingerprint density at radius 3 is 2.72 bits per heavy atom. The van der Waals surface area contributed by atoms with E-state index in [1.807, 2.05) is 0 Å². The molecule has 0 saturated carbocycles. The summed E-state index contributed by atoms with van der Waals surface area (Å²) >= 11 is 5.79. The van der Waals surface area contributed by atoms with Gasteiger partial charge < -0.3 is 9.94 Å². The van der Waals surface area contributed by atoms with Crippen LogP contribution < -0.4 is 9.64 Å². The second-order valence-electron chi connectivity index (χ2n) is 3.61. The normalized spacial score (nSPS) is 10.7. The highest BCUT2D eigenvalue weighted by molar-refractivity contribution is 6.30. The zero-order valence-electron chi connectivity index (χ0n) is 9.04. The van der Waals surface area contributed by atoms with Crippen molar-refractivity contribution in [1.82, 2.24) is 5.16 Å². The first-order valence-corrected chi connectivity index (χ1v) is 5.54. The van der Waals surface area contributed by atoms with Crippen LogP contribution in [0.25, 0.3) is 11.0 Å². The first kappa shape index (κ1) is 10.9. The number of hydrogen-bond donors (Lipinski definition) is 0. The van der Waals surface area contributed by atoms with Crippen LogP contribution in [0, 0.1) is 5.21 Å². The molecule has 0 aliphatic rings. The van der Waals surface area contributed by atoms with Gasteiger partial charge in [-0.2, -0.15) is 0 Å². The van der Waals surface area contributed by atoms with Crippen molar-refractivity contribution in [2.45, 2.75) is 0 Å². The molecule has 0 unspecified atom stereocenters. The maximum absolute atomic E-state index is 11.2. The fraction of sp³-hybridized carbons (Fsp3) is 0. The quantitative estimate of drug-likeness (QED) is 0.666. The number of halogens is 1. The van der Waals surface area contributed by atoms with E-state index in [0.29, 0.717) is 32.5 Å². The van der Waals surface area contributed by atoms with Crippen LogP contribution in [-0.4, -0.2) is 5.16 Å². The average Bonchev–Trinajstić information content (AvgIpc) is 2.76. The fourth-order valence-corrected chi connectivity index (χ4v) is 1.71. The molecule has 0 spiro atoms. The SMILES string of the molecule is [O-][n+]1onc2c(Oc3ccc(Cl)cc3)cccc21. The van der Waals surface area contributed by atoms with Gasteiger partial charge in [-0.1, -0.05) is 17.7 Å². The summed E-state index contributed by atoms with van der Waals surface area (Å²) in [6.45, 7) is 0. The maximum Gasteiger partial charge on any atom is 0.290 e. The monoisotopic (exact) mass is 262 g/mol. The molecule has 0 N–H and O–H groups in total. The van der Waals surface area contributed by atoms with E-state index >= 15 is 0 Å². The Morgan fingerprint density at radius 1 is 1.17 bits per heavy atom. The molecule has 0 saturated heterocycles. The molecular weight excluding hydrogens is 256 g/mol. The molecule has 0 fully saturated rings. The first-order valence-electron chi connectivity index (χ1n) is 5.16. The zero-order chi connectivity index (χ0) is 12.5. The minimum Gasteiger partial charge on any atom is -0.452 e. The van der Waals surface area contributed by atoms with Gasteiger partial charge >= 0.3 is 0 Å². The molecule has 0 bridgehead atoms. The Labute approximate surface area is 107 Å². The van der Waals surface area contributed by atoms with Gasteiger partial charge in [0.1, 0.15) is 5.75 Å². The second kappa shape index (κ2) is 4.19. The predicted octanol–water partition coefficient (Wildman–Crippen LogP) is 2.91. The summed E-state index contributed by atoms with van der Waals surface area (Å²) in [5.74, 6) is 1.06. The van der Waals surface area contributed by atoms with Crippen LogP contribution in [0.3, 0.4) is 0 Å². The molecule has 3 rings (SSSR count). The summed E-state index contributed by atoms with van der Waals surface area (Å²) in [6.07, 6.45) is 0. The number of rotatable bonds is 2. The third-order valence-corrected chi connectivity index (χ3v) is 2.67. The number of fused-ring (bicyclic) bond motifs is 1. The first-order chi connectivity index (χ1) is 8.74. The van der Waals surface area contributed by atoms with Crippen molar-refractivity contribution in [2.75, 3.05) is 0 Å². The van der Waals surface area contributed by atoms with Crippen LogP contribution in [0.5, 0.6) is 11.5 Å². The second-order valence-corrected chi connectivity index (χ2v) is 4.05. The Morgan fingerprint density at radius 2 is 1.94 bits per heavy atom. The lowest BCUT2D eigenvalue weighted by atomic mass is 10.3. The summed E-state index contributed by atoms with van der Waals surface area (Å²) in [4.78, 5) is 0.337. The topological polar surface area (TPSA) is 62.2 Å². The molecule has 0 amide bonds.